The fourth-order valence-corrected chi connectivity index (χ4v) is 0.588. The van der Waals surface area contributed by atoms with E-state index in [9.17, 15) is 8.42 Å². The quantitative estimate of drug-likeness (QED) is 0.429. The van der Waals surface area contributed by atoms with Crippen molar-refractivity contribution in [3.8, 4) is 0 Å². The van der Waals surface area contributed by atoms with Crippen LogP contribution >= 0.6 is 0 Å². The Kier molecular flexibility index (Phi) is 4.54. The molecule has 0 rings (SSSR count). The lowest BCUT2D eigenvalue weighted by molar-refractivity contribution is 0.0908. The van der Waals surface area contributed by atoms with Gasteiger partial charge in [0.1, 0.15) is 0 Å². The molecule has 0 aromatic rings. The molecule has 0 saturated heterocycles. The molecule has 6 heteroatoms. The standard InChI is InChI=1S/C4H12N2O3S/c1-2-3-4-9-6-10(5,7)8/h6H,2-4H2,1H3,(H2,5,7,8). The van der Waals surface area contributed by atoms with Gasteiger partial charge in [-0.2, -0.15) is 8.42 Å². The van der Waals surface area contributed by atoms with E-state index in [1.54, 1.807) is 4.89 Å². The molecular weight excluding hydrogens is 156 g/mol. The van der Waals surface area contributed by atoms with E-state index in [0.717, 1.165) is 12.8 Å². The summed E-state index contributed by atoms with van der Waals surface area (Å²) in [7, 11) is -3.68. The molecule has 62 valence electrons. The fourth-order valence-electron chi connectivity index (χ4n) is 0.340. The lowest BCUT2D eigenvalue weighted by Crippen LogP contribution is -2.31. The third-order valence-electron chi connectivity index (χ3n) is 0.775. The molecule has 0 heterocycles. The Morgan fingerprint density at radius 2 is 2.20 bits per heavy atom. The third kappa shape index (κ3) is 7.83. The second-order valence-electron chi connectivity index (χ2n) is 1.83. The molecule has 0 saturated carbocycles. The average Bonchev–Trinajstić information content (AvgIpc) is 1.78. The molecule has 0 atom stereocenters. The maximum atomic E-state index is 10.1. The van der Waals surface area contributed by atoms with Gasteiger partial charge < -0.3 is 0 Å². The molecule has 0 aromatic carbocycles. The average molecular weight is 168 g/mol. The highest BCUT2D eigenvalue weighted by atomic mass is 32.2. The Morgan fingerprint density at radius 1 is 1.60 bits per heavy atom. The van der Waals surface area contributed by atoms with E-state index in [1.165, 1.54) is 0 Å². The maximum Gasteiger partial charge on any atom is 0.296 e. The molecule has 0 radical (unpaired) electrons. The highest BCUT2D eigenvalue weighted by molar-refractivity contribution is 7.87. The molecule has 0 unspecified atom stereocenters. The number of hydrogen-bond acceptors (Lipinski definition) is 3. The lowest BCUT2D eigenvalue weighted by atomic mass is 10.4. The van der Waals surface area contributed by atoms with Gasteiger partial charge in [0.05, 0.1) is 6.61 Å². The van der Waals surface area contributed by atoms with E-state index in [1.807, 2.05) is 6.92 Å². The fraction of sp³-hybridized carbons (Fsp3) is 1.00. The third-order valence-corrected chi connectivity index (χ3v) is 1.13. The van der Waals surface area contributed by atoms with Crippen LogP contribution < -0.4 is 10.0 Å². The predicted octanol–water partition coefficient (Wildman–Crippen LogP) is -0.489. The SMILES string of the molecule is CCCCONS(N)(=O)=O. The highest BCUT2D eigenvalue weighted by Crippen LogP contribution is 1.84. The van der Waals surface area contributed by atoms with Crippen molar-refractivity contribution in [2.24, 2.45) is 5.14 Å². The highest BCUT2D eigenvalue weighted by Gasteiger charge is 1.97. The minimum absolute atomic E-state index is 0.354. The van der Waals surface area contributed by atoms with Crippen LogP contribution in [0.25, 0.3) is 0 Å². The van der Waals surface area contributed by atoms with Gasteiger partial charge in [-0.05, 0) is 6.42 Å². The molecule has 0 bridgehead atoms. The van der Waals surface area contributed by atoms with Gasteiger partial charge in [-0.3, -0.25) is 4.84 Å². The molecular formula is C4H12N2O3S. The Morgan fingerprint density at radius 3 is 2.60 bits per heavy atom. The molecule has 0 spiro atoms. The molecule has 0 aliphatic heterocycles. The van der Waals surface area contributed by atoms with Crippen molar-refractivity contribution in [1.82, 2.24) is 4.89 Å². The van der Waals surface area contributed by atoms with Gasteiger partial charge in [0.15, 0.2) is 0 Å². The van der Waals surface area contributed by atoms with Crippen molar-refractivity contribution in [1.29, 1.82) is 0 Å². The van der Waals surface area contributed by atoms with Gasteiger partial charge in [0.2, 0.25) is 0 Å². The van der Waals surface area contributed by atoms with Crippen LogP contribution in [0.5, 0.6) is 0 Å². The van der Waals surface area contributed by atoms with Gasteiger partial charge in [-0.1, -0.05) is 18.2 Å². The number of nitrogens with one attached hydrogen (secondary N) is 1. The summed E-state index contributed by atoms with van der Waals surface area (Å²) in [6.07, 6.45) is 1.76. The number of unbranched alkanes of at least 4 members (excludes halogenated alkanes) is 1. The summed E-state index contributed by atoms with van der Waals surface area (Å²) in [5.41, 5.74) is 0. The second-order valence-corrected chi connectivity index (χ2v) is 3.09. The first-order valence-electron chi connectivity index (χ1n) is 2.97. The molecule has 10 heavy (non-hydrogen) atoms. The van der Waals surface area contributed by atoms with Crippen LogP contribution in [-0.4, -0.2) is 15.0 Å². The summed E-state index contributed by atoms with van der Waals surface area (Å²) in [4.78, 5) is 6.18. The van der Waals surface area contributed by atoms with Crippen molar-refractivity contribution in [3.63, 3.8) is 0 Å². The van der Waals surface area contributed by atoms with Crippen molar-refractivity contribution in [2.45, 2.75) is 19.8 Å². The van der Waals surface area contributed by atoms with E-state index >= 15 is 0 Å². The maximum absolute atomic E-state index is 10.1. The zero-order valence-electron chi connectivity index (χ0n) is 5.83. The van der Waals surface area contributed by atoms with Crippen LogP contribution in [0, 0.1) is 0 Å². The summed E-state index contributed by atoms with van der Waals surface area (Å²) in [5.74, 6) is 0. The molecule has 3 N–H and O–H groups in total. The topological polar surface area (TPSA) is 81.4 Å². The van der Waals surface area contributed by atoms with Gasteiger partial charge in [-0.15, -0.1) is 0 Å². The van der Waals surface area contributed by atoms with Crippen LogP contribution in [-0.2, 0) is 15.0 Å². The number of hydrogen-bond donors (Lipinski definition) is 2. The van der Waals surface area contributed by atoms with Gasteiger partial charge in [0.25, 0.3) is 10.2 Å². The van der Waals surface area contributed by atoms with Crippen LogP contribution in [0.4, 0.5) is 0 Å². The monoisotopic (exact) mass is 168 g/mol. The molecule has 0 aliphatic carbocycles. The number of rotatable bonds is 5. The molecule has 0 fully saturated rings. The number of nitrogens with two attached hydrogens (primary N) is 1. The normalized spacial score (nSPS) is 11.8. The zero-order valence-corrected chi connectivity index (χ0v) is 6.65. The Bertz CT molecular complexity index is 165. The van der Waals surface area contributed by atoms with Gasteiger partial charge in [0, 0.05) is 0 Å². The molecule has 0 aliphatic rings. The van der Waals surface area contributed by atoms with E-state index in [0.29, 0.717) is 6.61 Å². The first kappa shape index (κ1) is 9.83. The first-order valence-corrected chi connectivity index (χ1v) is 4.52. The van der Waals surface area contributed by atoms with E-state index in [2.05, 4.69) is 9.98 Å². The van der Waals surface area contributed by atoms with Crippen LogP contribution in [0.15, 0.2) is 0 Å². The molecule has 0 aromatic heterocycles. The Hall–Kier alpha value is -0.170. The Labute approximate surface area is 60.7 Å². The van der Waals surface area contributed by atoms with Gasteiger partial charge >= 0.3 is 0 Å². The van der Waals surface area contributed by atoms with Crippen molar-refractivity contribution >= 4 is 10.2 Å². The summed E-state index contributed by atoms with van der Waals surface area (Å²) in [6.45, 7) is 2.33. The molecule has 0 amide bonds. The zero-order chi connectivity index (χ0) is 8.04. The van der Waals surface area contributed by atoms with Crippen molar-refractivity contribution < 1.29 is 13.3 Å². The summed E-state index contributed by atoms with van der Waals surface area (Å²) in [6, 6.07) is 0. The summed E-state index contributed by atoms with van der Waals surface area (Å²) < 4.78 is 20.3. The van der Waals surface area contributed by atoms with E-state index in [-0.39, 0.29) is 0 Å². The minimum atomic E-state index is -3.68. The van der Waals surface area contributed by atoms with Crippen LogP contribution in [0.3, 0.4) is 0 Å². The van der Waals surface area contributed by atoms with Crippen molar-refractivity contribution in [2.75, 3.05) is 6.61 Å². The lowest BCUT2D eigenvalue weighted by Gasteiger charge is -2.00. The largest absolute Gasteiger partial charge is 0.296 e. The van der Waals surface area contributed by atoms with E-state index in [4.69, 9.17) is 0 Å². The smallest absolute Gasteiger partial charge is 0.286 e. The van der Waals surface area contributed by atoms with Crippen LogP contribution in [0.2, 0.25) is 0 Å². The van der Waals surface area contributed by atoms with Crippen molar-refractivity contribution in [3.05, 3.63) is 0 Å². The predicted molar refractivity (Wildman–Crippen MR) is 37.1 cm³/mol. The minimum Gasteiger partial charge on any atom is -0.286 e. The van der Waals surface area contributed by atoms with Crippen LogP contribution in [0.1, 0.15) is 19.8 Å². The first-order chi connectivity index (χ1) is 4.56. The second kappa shape index (κ2) is 4.62. The summed E-state index contributed by atoms with van der Waals surface area (Å²) in [5, 5.41) is 4.55. The Balaban J connectivity index is 3.21. The summed E-state index contributed by atoms with van der Waals surface area (Å²) >= 11 is 0. The van der Waals surface area contributed by atoms with Gasteiger partial charge in [-0.25, -0.2) is 5.14 Å². The molecule has 5 nitrogen and oxygen atoms in total. The van der Waals surface area contributed by atoms with E-state index < -0.39 is 10.2 Å².